The molecule has 124 valence electrons. The molecule has 0 radical (unpaired) electrons. The van der Waals surface area contributed by atoms with Crippen molar-refractivity contribution < 1.29 is 8.42 Å². The Kier molecular flexibility index (Phi) is 6.01. The molecule has 2 rings (SSSR count). The molecule has 1 aliphatic heterocycles. The molecule has 1 aromatic carbocycles. The summed E-state index contributed by atoms with van der Waals surface area (Å²) in [6.07, 6.45) is 2.62. The average molecular weight is 324 g/mol. The smallest absolute Gasteiger partial charge is 0.243 e. The van der Waals surface area contributed by atoms with E-state index in [2.05, 4.69) is 5.32 Å². The molecule has 1 saturated heterocycles. The van der Waals surface area contributed by atoms with Crippen LogP contribution in [-0.4, -0.2) is 38.4 Å². The quantitative estimate of drug-likeness (QED) is 0.875. The minimum Gasteiger partial charge on any atom is -0.317 e. The van der Waals surface area contributed by atoms with Gasteiger partial charge in [-0.05, 0) is 49.9 Å². The van der Waals surface area contributed by atoms with Gasteiger partial charge in [0.2, 0.25) is 10.0 Å². The molecule has 22 heavy (non-hydrogen) atoms. The van der Waals surface area contributed by atoms with E-state index in [-0.39, 0.29) is 12.0 Å². The van der Waals surface area contributed by atoms with Gasteiger partial charge in [0.15, 0.2) is 0 Å². The molecule has 0 bridgehead atoms. The Morgan fingerprint density at radius 3 is 2.45 bits per heavy atom. The van der Waals surface area contributed by atoms with Crippen LogP contribution >= 0.6 is 0 Å². The number of nitrogens with one attached hydrogen (secondary N) is 1. The highest BCUT2D eigenvalue weighted by Crippen LogP contribution is 2.29. The zero-order chi connectivity index (χ0) is 16.2. The molecule has 1 heterocycles. The predicted octanol–water partition coefficient (Wildman–Crippen LogP) is 2.96. The summed E-state index contributed by atoms with van der Waals surface area (Å²) in [5, 5.41) is 3.31. The lowest BCUT2D eigenvalue weighted by molar-refractivity contribution is 0.262. The molecule has 0 atom stereocenters. The summed E-state index contributed by atoms with van der Waals surface area (Å²) in [7, 11) is -3.43. The van der Waals surface area contributed by atoms with Crippen molar-refractivity contribution >= 4 is 10.0 Å². The van der Waals surface area contributed by atoms with E-state index in [4.69, 9.17) is 0 Å². The van der Waals surface area contributed by atoms with Crippen LogP contribution in [0.25, 0.3) is 0 Å². The molecule has 5 heteroatoms. The third-order valence-corrected chi connectivity index (χ3v) is 6.31. The van der Waals surface area contributed by atoms with Crippen molar-refractivity contribution in [1.29, 1.82) is 0 Å². The molecule has 0 unspecified atom stereocenters. The van der Waals surface area contributed by atoms with Crippen molar-refractivity contribution in [2.45, 2.75) is 56.9 Å². The van der Waals surface area contributed by atoms with Gasteiger partial charge in [-0.2, -0.15) is 4.31 Å². The molecular formula is C17H28N2O2S. The van der Waals surface area contributed by atoms with Crippen LogP contribution in [0.1, 0.15) is 51.5 Å². The van der Waals surface area contributed by atoms with Crippen LogP contribution in [-0.2, 0) is 10.0 Å². The summed E-state index contributed by atoms with van der Waals surface area (Å²) in [4.78, 5) is 0.483. The second-order valence-electron chi connectivity index (χ2n) is 6.29. The lowest BCUT2D eigenvalue weighted by atomic mass is 10.0. The first-order valence-electron chi connectivity index (χ1n) is 8.30. The lowest BCUT2D eigenvalue weighted by Crippen LogP contribution is -2.46. The number of hydrogen-bond donors (Lipinski definition) is 1. The number of hydrogen-bond acceptors (Lipinski definition) is 3. The Bertz CT molecular complexity index is 578. The summed E-state index contributed by atoms with van der Waals surface area (Å²) >= 11 is 0. The first kappa shape index (κ1) is 17.4. The summed E-state index contributed by atoms with van der Waals surface area (Å²) < 4.78 is 28.2. The van der Waals surface area contributed by atoms with Crippen molar-refractivity contribution in [2.24, 2.45) is 0 Å². The summed E-state index contributed by atoms with van der Waals surface area (Å²) in [6, 6.07) is 7.55. The van der Waals surface area contributed by atoms with Crippen LogP contribution in [0.15, 0.2) is 29.2 Å². The highest BCUT2D eigenvalue weighted by molar-refractivity contribution is 7.89. The van der Waals surface area contributed by atoms with Crippen molar-refractivity contribution in [3.63, 3.8) is 0 Å². The Morgan fingerprint density at radius 2 is 1.86 bits per heavy atom. The fourth-order valence-corrected chi connectivity index (χ4v) is 5.26. The topological polar surface area (TPSA) is 49.4 Å². The Labute approximate surface area is 135 Å². The molecule has 1 fully saturated rings. The number of nitrogens with zero attached hydrogens (tertiary/aromatic N) is 1. The van der Waals surface area contributed by atoms with E-state index in [0.29, 0.717) is 11.4 Å². The summed E-state index contributed by atoms with van der Waals surface area (Å²) in [5.41, 5.74) is 0.914. The maximum atomic E-state index is 13.3. The van der Waals surface area contributed by atoms with Gasteiger partial charge in [-0.3, -0.25) is 0 Å². The van der Waals surface area contributed by atoms with Gasteiger partial charge >= 0.3 is 0 Å². The van der Waals surface area contributed by atoms with E-state index in [1.165, 1.54) is 0 Å². The number of piperidine rings is 1. The van der Waals surface area contributed by atoms with Gasteiger partial charge < -0.3 is 5.32 Å². The average Bonchev–Trinajstić information content (AvgIpc) is 2.53. The lowest BCUT2D eigenvalue weighted by Gasteiger charge is -2.34. The molecule has 0 saturated carbocycles. The molecule has 1 N–H and O–H groups in total. The van der Waals surface area contributed by atoms with Crippen LogP contribution in [0.2, 0.25) is 0 Å². The summed E-state index contributed by atoms with van der Waals surface area (Å²) in [5.74, 6) is 0.197. The van der Waals surface area contributed by atoms with Crippen LogP contribution < -0.4 is 5.32 Å². The number of rotatable bonds is 6. The Balaban J connectivity index is 2.41. The van der Waals surface area contributed by atoms with Crippen molar-refractivity contribution in [2.75, 3.05) is 19.6 Å². The minimum absolute atomic E-state index is 0.117. The molecule has 1 aliphatic rings. The van der Waals surface area contributed by atoms with E-state index >= 15 is 0 Å². The van der Waals surface area contributed by atoms with Crippen molar-refractivity contribution in [3.8, 4) is 0 Å². The Morgan fingerprint density at radius 1 is 1.23 bits per heavy atom. The minimum atomic E-state index is -3.43. The monoisotopic (exact) mass is 324 g/mol. The molecule has 4 nitrogen and oxygen atoms in total. The SMILES string of the molecule is CCCN(C1CCNCC1)S(=O)(=O)c1ccccc1C(C)C. The molecule has 0 aliphatic carbocycles. The van der Waals surface area contributed by atoms with Gasteiger partial charge in [-0.1, -0.05) is 39.0 Å². The fourth-order valence-electron chi connectivity index (χ4n) is 3.13. The third kappa shape index (κ3) is 3.70. The van der Waals surface area contributed by atoms with Crippen LogP contribution in [0.4, 0.5) is 0 Å². The maximum Gasteiger partial charge on any atom is 0.243 e. The first-order valence-corrected chi connectivity index (χ1v) is 9.74. The van der Waals surface area contributed by atoms with Gasteiger partial charge in [0.1, 0.15) is 0 Å². The van der Waals surface area contributed by atoms with E-state index in [1.807, 2.05) is 39.0 Å². The maximum absolute atomic E-state index is 13.3. The largest absolute Gasteiger partial charge is 0.317 e. The zero-order valence-electron chi connectivity index (χ0n) is 13.9. The summed E-state index contributed by atoms with van der Waals surface area (Å²) in [6.45, 7) is 8.52. The molecule has 0 amide bonds. The number of sulfonamides is 1. The molecule has 0 aromatic heterocycles. The second kappa shape index (κ2) is 7.57. The molecule has 0 spiro atoms. The van der Waals surface area contributed by atoms with Crippen molar-refractivity contribution in [3.05, 3.63) is 29.8 Å². The van der Waals surface area contributed by atoms with Crippen LogP contribution in [0.5, 0.6) is 0 Å². The van der Waals surface area contributed by atoms with Crippen molar-refractivity contribution in [1.82, 2.24) is 9.62 Å². The van der Waals surface area contributed by atoms with E-state index in [9.17, 15) is 8.42 Å². The zero-order valence-corrected chi connectivity index (χ0v) is 14.7. The number of benzene rings is 1. The van der Waals surface area contributed by atoms with E-state index < -0.39 is 10.0 Å². The van der Waals surface area contributed by atoms with Gasteiger partial charge in [0, 0.05) is 12.6 Å². The molecule has 1 aromatic rings. The predicted molar refractivity (Wildman–Crippen MR) is 90.6 cm³/mol. The fraction of sp³-hybridized carbons (Fsp3) is 0.647. The molecular weight excluding hydrogens is 296 g/mol. The Hall–Kier alpha value is -0.910. The van der Waals surface area contributed by atoms with Crippen LogP contribution in [0.3, 0.4) is 0 Å². The highest BCUT2D eigenvalue weighted by Gasteiger charge is 2.33. The third-order valence-electron chi connectivity index (χ3n) is 4.29. The van der Waals surface area contributed by atoms with Gasteiger partial charge in [-0.15, -0.1) is 0 Å². The van der Waals surface area contributed by atoms with Crippen LogP contribution in [0, 0.1) is 0 Å². The van der Waals surface area contributed by atoms with E-state index in [1.54, 1.807) is 10.4 Å². The highest BCUT2D eigenvalue weighted by atomic mass is 32.2. The van der Waals surface area contributed by atoms with Gasteiger partial charge in [0.05, 0.1) is 4.90 Å². The van der Waals surface area contributed by atoms with Gasteiger partial charge in [-0.25, -0.2) is 8.42 Å². The normalized spacial score (nSPS) is 17.3. The first-order chi connectivity index (χ1) is 10.5. The standard InChI is InChI=1S/C17H28N2O2S/c1-4-13-19(15-9-11-18-12-10-15)22(20,21)17-8-6-5-7-16(17)14(2)3/h5-8,14-15,18H,4,9-13H2,1-3H3. The van der Waals surface area contributed by atoms with Gasteiger partial charge in [0.25, 0.3) is 0 Å². The second-order valence-corrected chi connectivity index (χ2v) is 8.15. The van der Waals surface area contributed by atoms with E-state index in [0.717, 1.165) is 37.9 Å².